The lowest BCUT2D eigenvalue weighted by Gasteiger charge is -2.31. The fraction of sp³-hybridized carbons (Fsp3) is 0.632. The second-order valence-corrected chi connectivity index (χ2v) is 6.82. The number of amides is 1. The first-order chi connectivity index (χ1) is 11.6. The van der Waals surface area contributed by atoms with Crippen molar-refractivity contribution in [3.63, 3.8) is 0 Å². The van der Waals surface area contributed by atoms with Crippen molar-refractivity contribution in [3.05, 3.63) is 35.4 Å². The van der Waals surface area contributed by atoms with Crippen molar-refractivity contribution in [2.75, 3.05) is 26.7 Å². The third kappa shape index (κ3) is 8.19. The molecule has 1 unspecified atom stereocenters. The minimum atomic E-state index is 0. The van der Waals surface area contributed by atoms with Gasteiger partial charge in [-0.2, -0.15) is 0 Å². The highest BCUT2D eigenvalue weighted by Gasteiger charge is 2.20. The minimum absolute atomic E-state index is 0. The molecule has 1 amide bonds. The quantitative estimate of drug-likeness (QED) is 0.738. The lowest BCUT2D eigenvalue weighted by atomic mass is 10.1. The van der Waals surface area contributed by atoms with Crippen molar-refractivity contribution < 1.29 is 9.53 Å². The highest BCUT2D eigenvalue weighted by molar-refractivity contribution is 5.85. The first-order valence-electron chi connectivity index (χ1n) is 8.92. The predicted molar refractivity (Wildman–Crippen MR) is 104 cm³/mol. The molecule has 1 aromatic carbocycles. The summed E-state index contributed by atoms with van der Waals surface area (Å²) < 4.78 is 5.59. The standard InChI is InChI=1S/C19H31N3O2.ClH/c1-15(2)24-14-17-8-6-16(7-9-17)11-21-19(23)13-22-10-4-5-18(12-22)20-3;/h6-9,15,18,20H,4-5,10-14H2,1-3H3,(H,21,23);1H. The summed E-state index contributed by atoms with van der Waals surface area (Å²) in [6.07, 6.45) is 2.58. The Morgan fingerprint density at radius 3 is 2.60 bits per heavy atom. The van der Waals surface area contributed by atoms with Crippen LogP contribution < -0.4 is 10.6 Å². The van der Waals surface area contributed by atoms with Gasteiger partial charge in [0.15, 0.2) is 0 Å². The van der Waals surface area contributed by atoms with Gasteiger partial charge in [0.25, 0.3) is 0 Å². The molecule has 0 spiro atoms. The number of halogens is 1. The molecule has 142 valence electrons. The van der Waals surface area contributed by atoms with E-state index in [0.29, 0.717) is 25.7 Å². The van der Waals surface area contributed by atoms with Crippen LogP contribution in [0.15, 0.2) is 24.3 Å². The van der Waals surface area contributed by atoms with Crippen LogP contribution in [0.3, 0.4) is 0 Å². The van der Waals surface area contributed by atoms with E-state index in [-0.39, 0.29) is 24.4 Å². The number of rotatable bonds is 8. The van der Waals surface area contributed by atoms with Gasteiger partial charge in [0.1, 0.15) is 0 Å². The summed E-state index contributed by atoms with van der Waals surface area (Å²) in [4.78, 5) is 14.4. The Labute approximate surface area is 157 Å². The number of ether oxygens (including phenoxy) is 1. The van der Waals surface area contributed by atoms with E-state index in [4.69, 9.17) is 4.74 Å². The highest BCUT2D eigenvalue weighted by Crippen LogP contribution is 2.09. The second kappa shape index (κ2) is 11.5. The zero-order valence-electron chi connectivity index (χ0n) is 15.6. The average Bonchev–Trinajstić information content (AvgIpc) is 2.59. The number of nitrogens with one attached hydrogen (secondary N) is 2. The van der Waals surface area contributed by atoms with Gasteiger partial charge in [-0.3, -0.25) is 9.69 Å². The molecule has 1 heterocycles. The molecule has 2 N–H and O–H groups in total. The van der Waals surface area contributed by atoms with E-state index < -0.39 is 0 Å². The number of carbonyl (C=O) groups is 1. The Hall–Kier alpha value is -1.14. The Balaban J connectivity index is 0.00000312. The molecule has 5 nitrogen and oxygen atoms in total. The molecule has 0 aliphatic carbocycles. The Bertz CT molecular complexity index is 508. The van der Waals surface area contributed by atoms with E-state index in [1.165, 1.54) is 6.42 Å². The maximum Gasteiger partial charge on any atom is 0.234 e. The van der Waals surface area contributed by atoms with E-state index in [2.05, 4.69) is 39.8 Å². The number of nitrogens with zero attached hydrogens (tertiary/aromatic N) is 1. The smallest absolute Gasteiger partial charge is 0.234 e. The summed E-state index contributed by atoms with van der Waals surface area (Å²) in [5.74, 6) is 0.0963. The van der Waals surface area contributed by atoms with Gasteiger partial charge in [-0.25, -0.2) is 0 Å². The molecular formula is C19H32ClN3O2. The lowest BCUT2D eigenvalue weighted by Crippen LogP contribution is -2.47. The normalized spacial score (nSPS) is 18.0. The van der Waals surface area contributed by atoms with Gasteiger partial charge < -0.3 is 15.4 Å². The molecule has 0 saturated carbocycles. The first-order valence-corrected chi connectivity index (χ1v) is 8.92. The van der Waals surface area contributed by atoms with Crippen molar-refractivity contribution in [3.8, 4) is 0 Å². The molecule has 0 aromatic heterocycles. The monoisotopic (exact) mass is 369 g/mol. The second-order valence-electron chi connectivity index (χ2n) is 6.82. The summed E-state index contributed by atoms with van der Waals surface area (Å²) in [5, 5.41) is 6.32. The van der Waals surface area contributed by atoms with Crippen LogP contribution in [0.1, 0.15) is 37.8 Å². The molecule has 1 fully saturated rings. The van der Waals surface area contributed by atoms with Crippen LogP contribution in [0.25, 0.3) is 0 Å². The number of hydrogen-bond acceptors (Lipinski definition) is 4. The van der Waals surface area contributed by atoms with Gasteiger partial charge in [-0.05, 0) is 51.4 Å². The maximum atomic E-state index is 12.1. The largest absolute Gasteiger partial charge is 0.374 e. The Morgan fingerprint density at radius 2 is 1.96 bits per heavy atom. The summed E-state index contributed by atoms with van der Waals surface area (Å²) in [5.41, 5.74) is 2.27. The molecule has 1 aromatic rings. The van der Waals surface area contributed by atoms with Gasteiger partial charge in [0.2, 0.25) is 5.91 Å². The molecule has 1 aliphatic heterocycles. The fourth-order valence-electron chi connectivity index (χ4n) is 2.91. The van der Waals surface area contributed by atoms with Gasteiger partial charge in [-0.15, -0.1) is 12.4 Å². The van der Waals surface area contributed by atoms with Gasteiger partial charge in [0.05, 0.1) is 19.3 Å². The Morgan fingerprint density at radius 1 is 1.28 bits per heavy atom. The van der Waals surface area contributed by atoms with Crippen LogP contribution in [0.5, 0.6) is 0 Å². The van der Waals surface area contributed by atoms with E-state index in [0.717, 1.165) is 30.6 Å². The zero-order valence-corrected chi connectivity index (χ0v) is 16.4. The number of likely N-dealkylation sites (N-methyl/N-ethyl adjacent to an activating group) is 1. The average molecular weight is 370 g/mol. The van der Waals surface area contributed by atoms with E-state index in [1.54, 1.807) is 0 Å². The van der Waals surface area contributed by atoms with Crippen LogP contribution >= 0.6 is 12.4 Å². The molecule has 0 radical (unpaired) electrons. The maximum absolute atomic E-state index is 12.1. The van der Waals surface area contributed by atoms with Gasteiger partial charge in [0, 0.05) is 19.1 Å². The van der Waals surface area contributed by atoms with Crippen LogP contribution in [-0.4, -0.2) is 49.6 Å². The number of likely N-dealkylation sites (tertiary alicyclic amines) is 1. The third-order valence-electron chi connectivity index (χ3n) is 4.38. The van der Waals surface area contributed by atoms with Crippen molar-refractivity contribution in [2.45, 2.75) is 52.0 Å². The van der Waals surface area contributed by atoms with Gasteiger partial charge in [-0.1, -0.05) is 24.3 Å². The van der Waals surface area contributed by atoms with Crippen molar-refractivity contribution in [1.29, 1.82) is 0 Å². The molecule has 2 rings (SSSR count). The topological polar surface area (TPSA) is 53.6 Å². The third-order valence-corrected chi connectivity index (χ3v) is 4.38. The van der Waals surface area contributed by atoms with E-state index in [9.17, 15) is 4.79 Å². The summed E-state index contributed by atoms with van der Waals surface area (Å²) >= 11 is 0. The van der Waals surface area contributed by atoms with Gasteiger partial charge >= 0.3 is 0 Å². The minimum Gasteiger partial charge on any atom is -0.374 e. The van der Waals surface area contributed by atoms with Crippen LogP contribution in [0.4, 0.5) is 0 Å². The molecule has 25 heavy (non-hydrogen) atoms. The summed E-state index contributed by atoms with van der Waals surface area (Å²) in [7, 11) is 1.99. The van der Waals surface area contributed by atoms with E-state index in [1.807, 2.05) is 20.9 Å². The van der Waals surface area contributed by atoms with Crippen molar-refractivity contribution in [2.24, 2.45) is 0 Å². The Kier molecular flexibility index (Phi) is 10.0. The molecule has 6 heteroatoms. The van der Waals surface area contributed by atoms with Crippen LogP contribution in [0.2, 0.25) is 0 Å². The number of benzene rings is 1. The lowest BCUT2D eigenvalue weighted by molar-refractivity contribution is -0.122. The van der Waals surface area contributed by atoms with Crippen LogP contribution in [-0.2, 0) is 22.7 Å². The molecule has 1 aliphatic rings. The van der Waals surface area contributed by atoms with E-state index >= 15 is 0 Å². The molecule has 0 bridgehead atoms. The molecule has 1 atom stereocenters. The number of hydrogen-bond donors (Lipinski definition) is 2. The summed E-state index contributed by atoms with van der Waals surface area (Å²) in [6.45, 7) is 7.72. The van der Waals surface area contributed by atoms with Crippen LogP contribution in [0, 0.1) is 0 Å². The summed E-state index contributed by atoms with van der Waals surface area (Å²) in [6, 6.07) is 8.74. The number of piperidine rings is 1. The molecule has 1 saturated heterocycles. The first kappa shape index (κ1) is 21.9. The SMILES string of the molecule is CNC1CCCN(CC(=O)NCc2ccc(COC(C)C)cc2)C1.Cl. The predicted octanol–water partition coefficient (Wildman–Crippen LogP) is 2.33. The van der Waals surface area contributed by atoms with Crippen molar-refractivity contribution in [1.82, 2.24) is 15.5 Å². The fourth-order valence-corrected chi connectivity index (χ4v) is 2.91. The number of carbonyl (C=O) groups excluding carboxylic acids is 1. The van der Waals surface area contributed by atoms with Crippen molar-refractivity contribution >= 4 is 18.3 Å². The zero-order chi connectivity index (χ0) is 17.4. The highest BCUT2D eigenvalue weighted by atomic mass is 35.5. The molecular weight excluding hydrogens is 338 g/mol.